The van der Waals surface area contributed by atoms with Gasteiger partial charge in [0.05, 0.1) is 28.3 Å². The second kappa shape index (κ2) is 6.16. The van der Waals surface area contributed by atoms with Gasteiger partial charge in [0.25, 0.3) is 5.91 Å². The molecule has 0 atom stereocenters. The van der Waals surface area contributed by atoms with Gasteiger partial charge in [0.1, 0.15) is 11.6 Å². The summed E-state index contributed by atoms with van der Waals surface area (Å²) in [5.74, 6) is -0.704. The maximum Gasteiger partial charge on any atom is 0.259 e. The number of aromatic nitrogens is 2. The second-order valence-electron chi connectivity index (χ2n) is 5.41. The number of aryl methyl sites for hydroxylation is 1. The number of nitrogens with one attached hydrogen (secondary N) is 1. The normalized spacial score (nSPS) is 10.6. The monoisotopic (exact) mass is 325 g/mol. The van der Waals surface area contributed by atoms with E-state index < -0.39 is 0 Å². The van der Waals surface area contributed by atoms with Crippen molar-refractivity contribution in [2.45, 2.75) is 13.8 Å². The van der Waals surface area contributed by atoms with Crippen LogP contribution in [0, 0.1) is 19.7 Å². The summed E-state index contributed by atoms with van der Waals surface area (Å²) in [4.78, 5) is 12.6. The van der Waals surface area contributed by atoms with Gasteiger partial charge in [0, 0.05) is 0 Å². The van der Waals surface area contributed by atoms with E-state index in [0.29, 0.717) is 28.3 Å². The van der Waals surface area contributed by atoms with E-state index in [0.717, 1.165) is 0 Å². The van der Waals surface area contributed by atoms with Crippen molar-refractivity contribution in [3.63, 3.8) is 0 Å². The quantitative estimate of drug-likeness (QED) is 0.723. The van der Waals surface area contributed by atoms with Crippen LogP contribution in [0.5, 0.6) is 5.75 Å². The molecule has 0 radical (unpaired) electrons. The number of amides is 1. The molecule has 5 nitrogen and oxygen atoms in total. The number of benzene rings is 2. The summed E-state index contributed by atoms with van der Waals surface area (Å²) in [6.07, 6.45) is 0. The molecule has 0 spiro atoms. The smallest absolute Gasteiger partial charge is 0.259 e. The van der Waals surface area contributed by atoms with Crippen molar-refractivity contribution < 1.29 is 14.3 Å². The fourth-order valence-corrected chi connectivity index (χ4v) is 2.57. The van der Waals surface area contributed by atoms with Gasteiger partial charge in [0.2, 0.25) is 0 Å². The summed E-state index contributed by atoms with van der Waals surface area (Å²) in [5.41, 5.74) is 2.59. The lowest BCUT2D eigenvalue weighted by molar-refractivity contribution is 0.102. The van der Waals surface area contributed by atoms with E-state index in [4.69, 9.17) is 0 Å². The molecule has 2 aromatic carbocycles. The summed E-state index contributed by atoms with van der Waals surface area (Å²) < 4.78 is 14.7. The zero-order chi connectivity index (χ0) is 17.3. The number of carbonyl (C=O) groups excluding carboxylic acids is 1. The predicted molar refractivity (Wildman–Crippen MR) is 89.1 cm³/mol. The molecule has 1 heterocycles. The second-order valence-corrected chi connectivity index (χ2v) is 5.41. The molecule has 0 saturated carbocycles. The Morgan fingerprint density at radius 1 is 1.12 bits per heavy atom. The lowest BCUT2D eigenvalue weighted by atomic mass is 10.1. The number of rotatable bonds is 3. The zero-order valence-electron chi connectivity index (χ0n) is 13.2. The van der Waals surface area contributed by atoms with E-state index >= 15 is 0 Å². The van der Waals surface area contributed by atoms with Crippen LogP contribution in [0.3, 0.4) is 0 Å². The largest absolute Gasteiger partial charge is 0.506 e. The van der Waals surface area contributed by atoms with Crippen LogP contribution in [-0.2, 0) is 0 Å². The molecule has 1 aromatic heterocycles. The number of anilines is 1. The average molecular weight is 325 g/mol. The van der Waals surface area contributed by atoms with Crippen molar-refractivity contribution in [1.29, 1.82) is 0 Å². The Morgan fingerprint density at radius 2 is 1.79 bits per heavy atom. The lowest BCUT2D eigenvalue weighted by Gasteiger charge is -2.08. The number of phenols is 1. The minimum atomic E-state index is -0.361. The Labute approximate surface area is 138 Å². The first-order valence-corrected chi connectivity index (χ1v) is 7.39. The number of para-hydroxylation sites is 2. The standard InChI is InChI=1S/C18H16FN3O2/c1-11-17(18(24)20-15-5-3-4-6-16(15)23)12(2)22(21-11)14-9-7-13(19)8-10-14/h3-10,23H,1-2H3,(H,20,24). The molecule has 2 N–H and O–H groups in total. The Hall–Kier alpha value is -3.15. The van der Waals surface area contributed by atoms with Gasteiger partial charge in [-0.15, -0.1) is 0 Å². The van der Waals surface area contributed by atoms with E-state index in [-0.39, 0.29) is 17.5 Å². The van der Waals surface area contributed by atoms with Crippen LogP contribution in [0.2, 0.25) is 0 Å². The van der Waals surface area contributed by atoms with Gasteiger partial charge < -0.3 is 10.4 Å². The van der Waals surface area contributed by atoms with Crippen molar-refractivity contribution in [2.75, 3.05) is 5.32 Å². The van der Waals surface area contributed by atoms with Gasteiger partial charge in [0.15, 0.2) is 0 Å². The summed E-state index contributed by atoms with van der Waals surface area (Å²) in [6.45, 7) is 3.50. The summed E-state index contributed by atoms with van der Waals surface area (Å²) in [6, 6.07) is 12.4. The first kappa shape index (κ1) is 15.7. The number of nitrogens with zero attached hydrogens (tertiary/aromatic N) is 2. The molecule has 0 aliphatic carbocycles. The van der Waals surface area contributed by atoms with Gasteiger partial charge in [-0.1, -0.05) is 12.1 Å². The van der Waals surface area contributed by atoms with Crippen LogP contribution in [0.4, 0.5) is 10.1 Å². The molecule has 24 heavy (non-hydrogen) atoms. The SMILES string of the molecule is Cc1nn(-c2ccc(F)cc2)c(C)c1C(=O)Nc1ccccc1O. The van der Waals surface area contributed by atoms with Crippen molar-refractivity contribution >= 4 is 11.6 Å². The number of hydrogen-bond donors (Lipinski definition) is 2. The Balaban J connectivity index is 1.96. The van der Waals surface area contributed by atoms with Crippen LogP contribution in [-0.4, -0.2) is 20.8 Å². The fourth-order valence-electron chi connectivity index (χ4n) is 2.57. The van der Waals surface area contributed by atoms with Gasteiger partial charge in [-0.05, 0) is 50.2 Å². The van der Waals surface area contributed by atoms with Crippen molar-refractivity contribution in [3.8, 4) is 11.4 Å². The lowest BCUT2D eigenvalue weighted by Crippen LogP contribution is -2.14. The molecule has 0 fully saturated rings. The molecule has 1 amide bonds. The molecular formula is C18H16FN3O2. The third kappa shape index (κ3) is 2.86. The highest BCUT2D eigenvalue weighted by atomic mass is 19.1. The number of carbonyl (C=O) groups is 1. The molecule has 3 aromatic rings. The molecule has 3 rings (SSSR count). The predicted octanol–water partition coefficient (Wildman–Crippen LogP) is 3.59. The van der Waals surface area contributed by atoms with Gasteiger partial charge >= 0.3 is 0 Å². The highest BCUT2D eigenvalue weighted by Crippen LogP contribution is 2.24. The van der Waals surface area contributed by atoms with E-state index in [9.17, 15) is 14.3 Å². The first-order chi connectivity index (χ1) is 11.5. The van der Waals surface area contributed by atoms with Crippen LogP contribution in [0.1, 0.15) is 21.7 Å². The van der Waals surface area contributed by atoms with Crippen LogP contribution < -0.4 is 5.32 Å². The number of halogens is 1. The summed E-state index contributed by atoms with van der Waals surface area (Å²) in [7, 11) is 0. The van der Waals surface area contributed by atoms with E-state index in [1.165, 1.54) is 18.2 Å². The maximum atomic E-state index is 13.1. The molecule has 122 valence electrons. The third-order valence-electron chi connectivity index (χ3n) is 3.74. The van der Waals surface area contributed by atoms with Crippen LogP contribution in [0.15, 0.2) is 48.5 Å². The number of aromatic hydroxyl groups is 1. The van der Waals surface area contributed by atoms with Crippen molar-refractivity contribution in [2.24, 2.45) is 0 Å². The highest BCUT2D eigenvalue weighted by Gasteiger charge is 2.20. The highest BCUT2D eigenvalue weighted by molar-refractivity contribution is 6.06. The number of phenolic OH excluding ortho intramolecular Hbond substituents is 1. The topological polar surface area (TPSA) is 67.2 Å². The maximum absolute atomic E-state index is 13.1. The van der Waals surface area contributed by atoms with Gasteiger partial charge in [-0.3, -0.25) is 4.79 Å². The number of hydrogen-bond acceptors (Lipinski definition) is 3. The molecule has 0 aliphatic heterocycles. The molecule has 0 aliphatic rings. The summed E-state index contributed by atoms with van der Waals surface area (Å²) in [5, 5.41) is 16.8. The summed E-state index contributed by atoms with van der Waals surface area (Å²) >= 11 is 0. The first-order valence-electron chi connectivity index (χ1n) is 7.39. The third-order valence-corrected chi connectivity index (χ3v) is 3.74. The van der Waals surface area contributed by atoms with Crippen LogP contribution >= 0.6 is 0 Å². The van der Waals surface area contributed by atoms with Crippen molar-refractivity contribution in [3.05, 3.63) is 71.3 Å². The molecular weight excluding hydrogens is 309 g/mol. The van der Waals surface area contributed by atoms with Gasteiger partial charge in [-0.2, -0.15) is 5.10 Å². The minimum absolute atomic E-state index is 0.00733. The Bertz CT molecular complexity index is 901. The van der Waals surface area contributed by atoms with Crippen molar-refractivity contribution in [1.82, 2.24) is 9.78 Å². The Kier molecular flexibility index (Phi) is 4.04. The van der Waals surface area contributed by atoms with E-state index in [2.05, 4.69) is 10.4 Å². The average Bonchev–Trinajstić information content (AvgIpc) is 2.85. The zero-order valence-corrected chi connectivity index (χ0v) is 13.2. The van der Waals surface area contributed by atoms with E-state index in [1.54, 1.807) is 48.9 Å². The molecule has 0 saturated heterocycles. The molecule has 6 heteroatoms. The fraction of sp³-hybridized carbons (Fsp3) is 0.111. The molecule has 0 unspecified atom stereocenters. The molecule has 0 bridgehead atoms. The van der Waals surface area contributed by atoms with Crippen LogP contribution in [0.25, 0.3) is 5.69 Å². The van der Waals surface area contributed by atoms with Gasteiger partial charge in [-0.25, -0.2) is 9.07 Å². The Morgan fingerprint density at radius 3 is 2.46 bits per heavy atom. The minimum Gasteiger partial charge on any atom is -0.506 e. The van der Waals surface area contributed by atoms with E-state index in [1.807, 2.05) is 0 Å².